The Morgan fingerprint density at radius 2 is 1.67 bits per heavy atom. The van der Waals surface area contributed by atoms with E-state index < -0.39 is 5.97 Å². The second kappa shape index (κ2) is 6.51. The summed E-state index contributed by atoms with van der Waals surface area (Å²) in [5.74, 6) is -0.889. The van der Waals surface area contributed by atoms with Gasteiger partial charge in [-0.3, -0.25) is 9.78 Å². The minimum atomic E-state index is -0.889. The van der Waals surface area contributed by atoms with Gasteiger partial charge < -0.3 is 15.7 Å². The van der Waals surface area contributed by atoms with Gasteiger partial charge in [-0.2, -0.15) is 0 Å². The predicted octanol–water partition coefficient (Wildman–Crippen LogP) is 2.66. The van der Waals surface area contributed by atoms with E-state index in [1.807, 2.05) is 6.92 Å². The molecule has 6 nitrogen and oxygen atoms in total. The molecule has 3 N–H and O–H groups in total. The molecule has 2 aromatic rings. The van der Waals surface area contributed by atoms with Gasteiger partial charge in [0.1, 0.15) is 0 Å². The van der Waals surface area contributed by atoms with Gasteiger partial charge in [0.15, 0.2) is 0 Å². The van der Waals surface area contributed by atoms with E-state index in [0.717, 1.165) is 5.69 Å². The number of hydrogen-bond acceptors (Lipinski definition) is 3. The summed E-state index contributed by atoms with van der Waals surface area (Å²) in [6.45, 7) is 1.86. The zero-order chi connectivity index (χ0) is 15.2. The standard InChI is InChI=1S/C15H15N3O3/c1-10-2-5-13(9-16-10)18-15(21)17-12-6-3-11(4-7-12)8-14(19)20/h2-7,9H,8H2,1H3,(H,19,20)(H2,17,18,21). The van der Waals surface area contributed by atoms with Crippen LogP contribution in [0.3, 0.4) is 0 Å². The number of carboxylic acid groups (broad SMARTS) is 1. The number of hydrogen-bond donors (Lipinski definition) is 3. The van der Waals surface area contributed by atoms with Crippen molar-refractivity contribution in [2.24, 2.45) is 0 Å². The lowest BCUT2D eigenvalue weighted by molar-refractivity contribution is -0.136. The third kappa shape index (κ3) is 4.61. The van der Waals surface area contributed by atoms with E-state index in [0.29, 0.717) is 16.9 Å². The number of aryl methyl sites for hydroxylation is 1. The largest absolute Gasteiger partial charge is 0.481 e. The van der Waals surface area contributed by atoms with Gasteiger partial charge in [0.05, 0.1) is 18.3 Å². The first-order chi connectivity index (χ1) is 10.0. The molecule has 0 saturated heterocycles. The van der Waals surface area contributed by atoms with Crippen LogP contribution in [0.15, 0.2) is 42.6 Å². The zero-order valence-corrected chi connectivity index (χ0v) is 11.5. The molecule has 108 valence electrons. The van der Waals surface area contributed by atoms with Crippen LogP contribution in [0.4, 0.5) is 16.2 Å². The van der Waals surface area contributed by atoms with Crippen LogP contribution in [0.5, 0.6) is 0 Å². The average Bonchev–Trinajstić information content (AvgIpc) is 2.43. The van der Waals surface area contributed by atoms with Gasteiger partial charge in [0, 0.05) is 11.4 Å². The SMILES string of the molecule is Cc1ccc(NC(=O)Nc2ccc(CC(=O)O)cc2)cn1. The van der Waals surface area contributed by atoms with Crippen molar-refractivity contribution in [3.63, 3.8) is 0 Å². The van der Waals surface area contributed by atoms with Crippen molar-refractivity contribution in [2.75, 3.05) is 10.6 Å². The third-order valence-electron chi connectivity index (χ3n) is 2.74. The Bertz CT molecular complexity index is 636. The Morgan fingerprint density at radius 1 is 1.05 bits per heavy atom. The summed E-state index contributed by atoms with van der Waals surface area (Å²) in [4.78, 5) is 26.4. The summed E-state index contributed by atoms with van der Waals surface area (Å²) in [5, 5.41) is 14.0. The Balaban J connectivity index is 1.93. The van der Waals surface area contributed by atoms with Gasteiger partial charge in [-0.25, -0.2) is 4.79 Å². The van der Waals surface area contributed by atoms with Gasteiger partial charge in [0.25, 0.3) is 0 Å². The van der Waals surface area contributed by atoms with Crippen molar-refractivity contribution < 1.29 is 14.7 Å². The number of rotatable bonds is 4. The van der Waals surface area contributed by atoms with E-state index in [4.69, 9.17) is 5.11 Å². The lowest BCUT2D eigenvalue weighted by Crippen LogP contribution is -2.19. The Labute approximate surface area is 121 Å². The second-order valence-corrected chi connectivity index (χ2v) is 4.53. The van der Waals surface area contributed by atoms with Crippen molar-refractivity contribution in [1.29, 1.82) is 0 Å². The topological polar surface area (TPSA) is 91.3 Å². The van der Waals surface area contributed by atoms with Gasteiger partial charge in [-0.1, -0.05) is 12.1 Å². The minimum Gasteiger partial charge on any atom is -0.481 e. The highest BCUT2D eigenvalue weighted by Crippen LogP contribution is 2.11. The van der Waals surface area contributed by atoms with Crippen molar-refractivity contribution >= 4 is 23.4 Å². The van der Waals surface area contributed by atoms with Gasteiger partial charge in [-0.05, 0) is 36.8 Å². The fourth-order valence-electron chi connectivity index (χ4n) is 1.72. The molecule has 2 amide bonds. The summed E-state index contributed by atoms with van der Waals surface area (Å²) in [7, 11) is 0. The Morgan fingerprint density at radius 3 is 2.24 bits per heavy atom. The van der Waals surface area contributed by atoms with Crippen LogP contribution in [0.25, 0.3) is 0 Å². The van der Waals surface area contributed by atoms with E-state index in [1.54, 1.807) is 42.6 Å². The third-order valence-corrected chi connectivity index (χ3v) is 2.74. The molecule has 21 heavy (non-hydrogen) atoms. The zero-order valence-electron chi connectivity index (χ0n) is 11.5. The molecule has 6 heteroatoms. The molecule has 2 rings (SSSR count). The van der Waals surface area contributed by atoms with Crippen LogP contribution < -0.4 is 10.6 Å². The molecule has 1 aromatic carbocycles. The number of carboxylic acids is 1. The number of anilines is 2. The minimum absolute atomic E-state index is 0.0402. The summed E-state index contributed by atoms with van der Waals surface area (Å²) in [6.07, 6.45) is 1.53. The molecule has 0 unspecified atom stereocenters. The number of pyridine rings is 1. The fraction of sp³-hybridized carbons (Fsp3) is 0.133. The molecule has 0 fully saturated rings. The molecule has 0 aliphatic rings. The predicted molar refractivity (Wildman–Crippen MR) is 79.4 cm³/mol. The Kier molecular flexibility index (Phi) is 4.50. The maximum atomic E-state index is 11.8. The molecule has 0 saturated carbocycles. The first kappa shape index (κ1) is 14.5. The lowest BCUT2D eigenvalue weighted by Gasteiger charge is -2.08. The van der Waals surface area contributed by atoms with Crippen LogP contribution in [-0.2, 0) is 11.2 Å². The number of benzene rings is 1. The van der Waals surface area contributed by atoms with Gasteiger partial charge in [0.2, 0.25) is 0 Å². The van der Waals surface area contributed by atoms with Gasteiger partial charge >= 0.3 is 12.0 Å². The Hall–Kier alpha value is -2.89. The molecule has 0 aliphatic carbocycles. The molecular weight excluding hydrogens is 270 g/mol. The van der Waals surface area contributed by atoms with Crippen LogP contribution in [0.1, 0.15) is 11.3 Å². The van der Waals surface area contributed by atoms with Gasteiger partial charge in [-0.15, -0.1) is 0 Å². The lowest BCUT2D eigenvalue weighted by atomic mass is 10.1. The number of carbonyl (C=O) groups is 2. The molecule has 1 aromatic heterocycles. The number of aliphatic carboxylic acids is 1. The van der Waals surface area contributed by atoms with Crippen molar-refractivity contribution in [2.45, 2.75) is 13.3 Å². The highest BCUT2D eigenvalue weighted by molar-refractivity contribution is 5.99. The van der Waals surface area contributed by atoms with E-state index in [9.17, 15) is 9.59 Å². The first-order valence-electron chi connectivity index (χ1n) is 6.34. The molecule has 0 radical (unpaired) electrons. The number of nitrogens with one attached hydrogen (secondary N) is 2. The number of aromatic nitrogens is 1. The summed E-state index contributed by atoms with van der Waals surface area (Å²) < 4.78 is 0. The van der Waals surface area contributed by atoms with Crippen molar-refractivity contribution in [3.8, 4) is 0 Å². The van der Waals surface area contributed by atoms with Crippen LogP contribution in [0.2, 0.25) is 0 Å². The molecule has 0 bridgehead atoms. The molecule has 0 atom stereocenters. The average molecular weight is 285 g/mol. The number of nitrogens with zero attached hydrogens (tertiary/aromatic N) is 1. The summed E-state index contributed by atoms with van der Waals surface area (Å²) >= 11 is 0. The fourth-order valence-corrected chi connectivity index (χ4v) is 1.72. The van der Waals surface area contributed by atoms with Crippen molar-refractivity contribution in [3.05, 3.63) is 53.9 Å². The van der Waals surface area contributed by atoms with Crippen LogP contribution in [-0.4, -0.2) is 22.1 Å². The van der Waals surface area contributed by atoms with E-state index in [1.165, 1.54) is 0 Å². The number of urea groups is 1. The quantitative estimate of drug-likeness (QED) is 0.805. The van der Waals surface area contributed by atoms with Crippen LogP contribution in [0, 0.1) is 6.92 Å². The molecule has 0 aliphatic heterocycles. The highest BCUT2D eigenvalue weighted by atomic mass is 16.4. The first-order valence-corrected chi connectivity index (χ1v) is 6.34. The highest BCUT2D eigenvalue weighted by Gasteiger charge is 2.04. The maximum absolute atomic E-state index is 11.8. The van der Waals surface area contributed by atoms with Crippen molar-refractivity contribution in [1.82, 2.24) is 4.98 Å². The number of amides is 2. The maximum Gasteiger partial charge on any atom is 0.323 e. The molecule has 0 spiro atoms. The van der Waals surface area contributed by atoms with E-state index >= 15 is 0 Å². The summed E-state index contributed by atoms with van der Waals surface area (Å²) in [5.41, 5.74) is 2.73. The second-order valence-electron chi connectivity index (χ2n) is 4.53. The normalized spacial score (nSPS) is 9.95. The summed E-state index contributed by atoms with van der Waals surface area (Å²) in [6, 6.07) is 9.82. The van der Waals surface area contributed by atoms with E-state index in [2.05, 4.69) is 15.6 Å². The molecule has 1 heterocycles. The smallest absolute Gasteiger partial charge is 0.323 e. The number of carbonyl (C=O) groups excluding carboxylic acids is 1. The van der Waals surface area contributed by atoms with E-state index in [-0.39, 0.29) is 12.5 Å². The molecular formula is C15H15N3O3. The van der Waals surface area contributed by atoms with Crippen LogP contribution >= 0.6 is 0 Å². The monoisotopic (exact) mass is 285 g/mol.